The maximum Gasteiger partial charge on any atom is 0.341 e. The van der Waals surface area contributed by atoms with E-state index in [2.05, 4.69) is 0 Å². The summed E-state index contributed by atoms with van der Waals surface area (Å²) in [6, 6.07) is 17.7. The molecule has 0 radical (unpaired) electrons. The molecule has 8 nitrogen and oxygen atoms in total. The van der Waals surface area contributed by atoms with E-state index in [0.29, 0.717) is 34.1 Å². The van der Waals surface area contributed by atoms with Crippen LogP contribution in [-0.2, 0) is 9.47 Å². The van der Waals surface area contributed by atoms with E-state index in [1.807, 2.05) is 32.0 Å². The number of aryl methyl sites for hydroxylation is 2. The molecule has 0 aliphatic carbocycles. The van der Waals surface area contributed by atoms with Crippen molar-refractivity contribution >= 4 is 11.9 Å². The minimum Gasteiger partial charge on any atom is -0.490 e. The Morgan fingerprint density at radius 3 is 1.75 bits per heavy atom. The van der Waals surface area contributed by atoms with Gasteiger partial charge in [-0.15, -0.1) is 0 Å². The standard InChI is InChI=1S/C28H30O8/c1-19-9-12-22(28(30)32-4)26(17-19)36-16-14-34-24-8-6-5-7-23(24)33-13-15-35-25-18-21(27(29)31-3)11-10-20(25)2/h5-12,17-18H,13-16H2,1-4H3. The molecule has 0 aliphatic heterocycles. The molecule has 0 saturated carbocycles. The Morgan fingerprint density at radius 2 is 1.17 bits per heavy atom. The highest BCUT2D eigenvalue weighted by Crippen LogP contribution is 2.27. The molecular weight excluding hydrogens is 464 g/mol. The van der Waals surface area contributed by atoms with E-state index in [0.717, 1.165) is 11.1 Å². The quantitative estimate of drug-likeness (QED) is 0.262. The summed E-state index contributed by atoms with van der Waals surface area (Å²) in [5, 5.41) is 0. The summed E-state index contributed by atoms with van der Waals surface area (Å²) in [6.07, 6.45) is 0. The van der Waals surface area contributed by atoms with Gasteiger partial charge in [0.15, 0.2) is 11.5 Å². The van der Waals surface area contributed by atoms with Crippen LogP contribution >= 0.6 is 0 Å². The number of carbonyl (C=O) groups is 2. The first-order valence-corrected chi connectivity index (χ1v) is 11.4. The highest BCUT2D eigenvalue weighted by molar-refractivity contribution is 5.92. The zero-order chi connectivity index (χ0) is 25.9. The zero-order valence-corrected chi connectivity index (χ0v) is 20.9. The number of benzene rings is 3. The van der Waals surface area contributed by atoms with Crippen molar-refractivity contribution in [3.8, 4) is 23.0 Å². The van der Waals surface area contributed by atoms with Crippen LogP contribution in [0.4, 0.5) is 0 Å². The van der Waals surface area contributed by atoms with Gasteiger partial charge in [0.1, 0.15) is 43.5 Å². The third kappa shape index (κ3) is 7.15. The first-order chi connectivity index (χ1) is 17.4. The molecule has 3 aromatic rings. The Balaban J connectivity index is 1.51. The molecule has 8 heteroatoms. The van der Waals surface area contributed by atoms with Crippen LogP contribution in [0.15, 0.2) is 60.7 Å². The largest absolute Gasteiger partial charge is 0.490 e. The topological polar surface area (TPSA) is 89.5 Å². The number of rotatable bonds is 12. The fourth-order valence-electron chi connectivity index (χ4n) is 3.32. The molecule has 0 aromatic heterocycles. The van der Waals surface area contributed by atoms with E-state index in [1.165, 1.54) is 14.2 Å². The maximum absolute atomic E-state index is 12.0. The van der Waals surface area contributed by atoms with E-state index in [-0.39, 0.29) is 26.4 Å². The summed E-state index contributed by atoms with van der Waals surface area (Å²) >= 11 is 0. The van der Waals surface area contributed by atoms with Gasteiger partial charge in [-0.25, -0.2) is 9.59 Å². The van der Waals surface area contributed by atoms with Gasteiger partial charge in [-0.1, -0.05) is 24.3 Å². The summed E-state index contributed by atoms with van der Waals surface area (Å²) in [7, 11) is 2.67. The van der Waals surface area contributed by atoms with Crippen LogP contribution in [0.1, 0.15) is 31.8 Å². The Morgan fingerprint density at radius 1 is 0.611 bits per heavy atom. The fourth-order valence-corrected chi connectivity index (χ4v) is 3.32. The maximum atomic E-state index is 12.0. The van der Waals surface area contributed by atoms with Crippen LogP contribution in [0, 0.1) is 13.8 Å². The Hall–Kier alpha value is -4.20. The molecule has 0 fully saturated rings. The van der Waals surface area contributed by atoms with Crippen LogP contribution in [0.5, 0.6) is 23.0 Å². The molecule has 0 heterocycles. The minimum absolute atomic E-state index is 0.223. The van der Waals surface area contributed by atoms with E-state index in [4.69, 9.17) is 28.4 Å². The lowest BCUT2D eigenvalue weighted by Gasteiger charge is -2.15. The van der Waals surface area contributed by atoms with Gasteiger partial charge >= 0.3 is 11.9 Å². The van der Waals surface area contributed by atoms with Gasteiger partial charge in [-0.05, 0) is 61.4 Å². The van der Waals surface area contributed by atoms with Crippen LogP contribution in [0.2, 0.25) is 0 Å². The number of hydrogen-bond donors (Lipinski definition) is 0. The van der Waals surface area contributed by atoms with Crippen molar-refractivity contribution < 1.29 is 38.0 Å². The van der Waals surface area contributed by atoms with Gasteiger partial charge in [-0.2, -0.15) is 0 Å². The molecule has 0 aliphatic rings. The molecule has 3 rings (SSSR count). The van der Waals surface area contributed by atoms with Crippen molar-refractivity contribution in [2.45, 2.75) is 13.8 Å². The fraction of sp³-hybridized carbons (Fsp3) is 0.286. The van der Waals surface area contributed by atoms with E-state index in [9.17, 15) is 9.59 Å². The molecule has 3 aromatic carbocycles. The number of methoxy groups -OCH3 is 2. The summed E-state index contributed by atoms with van der Waals surface area (Å²) in [6.45, 7) is 4.81. The highest BCUT2D eigenvalue weighted by atomic mass is 16.6. The molecule has 0 saturated heterocycles. The lowest BCUT2D eigenvalue weighted by molar-refractivity contribution is 0.0588. The summed E-state index contributed by atoms with van der Waals surface area (Å²) in [4.78, 5) is 23.7. The zero-order valence-electron chi connectivity index (χ0n) is 20.9. The summed E-state index contributed by atoms with van der Waals surface area (Å²) in [5.74, 6) is 1.27. The Kier molecular flexibility index (Phi) is 9.56. The van der Waals surface area contributed by atoms with Crippen LogP contribution in [0.25, 0.3) is 0 Å². The Labute approximate surface area is 210 Å². The molecule has 0 spiro atoms. The van der Waals surface area contributed by atoms with E-state index in [1.54, 1.807) is 42.5 Å². The minimum atomic E-state index is -0.459. The van der Waals surface area contributed by atoms with Gasteiger partial charge in [0.2, 0.25) is 0 Å². The number of carbonyl (C=O) groups excluding carboxylic acids is 2. The molecule has 36 heavy (non-hydrogen) atoms. The van der Waals surface area contributed by atoms with Crippen molar-refractivity contribution in [3.63, 3.8) is 0 Å². The SMILES string of the molecule is COC(=O)c1ccc(C)c(OCCOc2ccccc2OCCOc2cc(C)ccc2C(=O)OC)c1. The molecule has 0 N–H and O–H groups in total. The first kappa shape index (κ1) is 26.4. The number of esters is 2. The van der Waals surface area contributed by atoms with Crippen molar-refractivity contribution in [3.05, 3.63) is 82.9 Å². The third-order valence-electron chi connectivity index (χ3n) is 5.20. The van der Waals surface area contributed by atoms with Crippen molar-refractivity contribution in [1.82, 2.24) is 0 Å². The predicted octanol–water partition coefficient (Wildman–Crippen LogP) is 4.79. The van der Waals surface area contributed by atoms with Gasteiger partial charge in [0, 0.05) is 0 Å². The molecular formula is C28H30O8. The van der Waals surface area contributed by atoms with Gasteiger partial charge in [0.05, 0.1) is 19.8 Å². The second-order valence-electron chi connectivity index (χ2n) is 7.80. The average molecular weight is 495 g/mol. The van der Waals surface area contributed by atoms with Crippen molar-refractivity contribution in [2.75, 3.05) is 40.6 Å². The monoisotopic (exact) mass is 494 g/mol. The summed E-state index contributed by atoms with van der Waals surface area (Å²) < 4.78 is 32.8. The number of para-hydroxylation sites is 2. The van der Waals surface area contributed by atoms with E-state index < -0.39 is 11.9 Å². The van der Waals surface area contributed by atoms with Crippen LogP contribution in [0.3, 0.4) is 0 Å². The normalized spacial score (nSPS) is 10.3. The summed E-state index contributed by atoms with van der Waals surface area (Å²) in [5.41, 5.74) is 2.64. The lowest BCUT2D eigenvalue weighted by atomic mass is 10.1. The average Bonchev–Trinajstić information content (AvgIpc) is 2.89. The highest BCUT2D eigenvalue weighted by Gasteiger charge is 2.14. The first-order valence-electron chi connectivity index (χ1n) is 11.4. The molecule has 190 valence electrons. The lowest BCUT2D eigenvalue weighted by Crippen LogP contribution is -2.13. The second-order valence-corrected chi connectivity index (χ2v) is 7.80. The van der Waals surface area contributed by atoms with Crippen molar-refractivity contribution in [2.24, 2.45) is 0 Å². The second kappa shape index (κ2) is 13.0. The molecule has 0 amide bonds. The smallest absolute Gasteiger partial charge is 0.341 e. The predicted molar refractivity (Wildman–Crippen MR) is 133 cm³/mol. The molecule has 0 bridgehead atoms. The molecule has 0 unspecified atom stereocenters. The van der Waals surface area contributed by atoms with Crippen LogP contribution in [-0.4, -0.2) is 52.6 Å². The third-order valence-corrected chi connectivity index (χ3v) is 5.20. The number of ether oxygens (including phenoxy) is 6. The van der Waals surface area contributed by atoms with Crippen LogP contribution < -0.4 is 18.9 Å². The van der Waals surface area contributed by atoms with Gasteiger partial charge in [0.25, 0.3) is 0 Å². The van der Waals surface area contributed by atoms with Crippen molar-refractivity contribution in [1.29, 1.82) is 0 Å². The van der Waals surface area contributed by atoms with Gasteiger partial charge < -0.3 is 28.4 Å². The molecule has 0 atom stereocenters. The Bertz CT molecular complexity index is 1190. The van der Waals surface area contributed by atoms with Gasteiger partial charge in [-0.3, -0.25) is 0 Å². The van der Waals surface area contributed by atoms with E-state index >= 15 is 0 Å². The number of hydrogen-bond acceptors (Lipinski definition) is 8.